The number of piperidine rings is 1. The van der Waals surface area contributed by atoms with Gasteiger partial charge in [-0.05, 0) is 43.4 Å². The largest absolute Gasteiger partial charge is 0.370 e. The van der Waals surface area contributed by atoms with Gasteiger partial charge in [-0.3, -0.25) is 14.9 Å². The number of hydrogen-bond acceptors (Lipinski definition) is 5. The Bertz CT molecular complexity index is 903. The average molecular weight is 437 g/mol. The molecule has 2 aromatic rings. The molecule has 0 radical (unpaired) electrons. The van der Waals surface area contributed by atoms with Crippen LogP contribution in [0.25, 0.3) is 0 Å². The number of anilines is 1. The van der Waals surface area contributed by atoms with Crippen LogP contribution < -0.4 is 15.5 Å². The number of benzene rings is 2. The van der Waals surface area contributed by atoms with E-state index in [4.69, 9.17) is 0 Å². The first-order valence-corrected chi connectivity index (χ1v) is 11.7. The Balaban J connectivity index is 1.33. The van der Waals surface area contributed by atoms with Gasteiger partial charge in [-0.2, -0.15) is 0 Å². The summed E-state index contributed by atoms with van der Waals surface area (Å²) in [6.45, 7) is 1.83. The molecule has 1 unspecified atom stereocenters. The summed E-state index contributed by atoms with van der Waals surface area (Å²) in [5.41, 5.74) is 2.19. The lowest BCUT2D eigenvalue weighted by Gasteiger charge is -2.40. The summed E-state index contributed by atoms with van der Waals surface area (Å²) in [4.78, 5) is 25.5. The van der Waals surface area contributed by atoms with Gasteiger partial charge in [-0.15, -0.1) is 0 Å². The maximum absolute atomic E-state index is 12.6. The minimum Gasteiger partial charge on any atom is -0.370 e. The van der Waals surface area contributed by atoms with E-state index < -0.39 is 0 Å². The topological polar surface area (TPSA) is 87.5 Å². The van der Waals surface area contributed by atoms with E-state index in [2.05, 4.69) is 15.5 Å². The normalized spacial score (nSPS) is 23.5. The Labute approximate surface area is 189 Å². The van der Waals surface area contributed by atoms with Crippen LogP contribution in [0.15, 0.2) is 54.6 Å². The van der Waals surface area contributed by atoms with Crippen LogP contribution >= 0.6 is 0 Å². The highest BCUT2D eigenvalue weighted by Gasteiger charge is 2.30. The zero-order chi connectivity index (χ0) is 22.3. The molecular weight excluding hydrogens is 404 g/mol. The van der Waals surface area contributed by atoms with Crippen molar-refractivity contribution in [1.29, 1.82) is 0 Å². The number of hydrogen-bond donors (Lipinski definition) is 2. The summed E-state index contributed by atoms with van der Waals surface area (Å²) in [5.74, 6) is 0.0889. The Morgan fingerprint density at radius 2 is 1.69 bits per heavy atom. The lowest BCUT2D eigenvalue weighted by Crippen LogP contribution is -2.57. The van der Waals surface area contributed by atoms with Crippen LogP contribution in [0, 0.1) is 10.1 Å². The Kier molecular flexibility index (Phi) is 7.37. The Hall–Kier alpha value is -2.93. The number of amides is 1. The van der Waals surface area contributed by atoms with Gasteiger partial charge < -0.3 is 15.5 Å². The Morgan fingerprint density at radius 3 is 2.41 bits per heavy atom. The van der Waals surface area contributed by atoms with Crippen molar-refractivity contribution in [3.63, 3.8) is 0 Å². The van der Waals surface area contributed by atoms with Gasteiger partial charge in [0.1, 0.15) is 0 Å². The lowest BCUT2D eigenvalue weighted by molar-refractivity contribution is -0.384. The molecule has 1 amide bonds. The third-order valence-electron chi connectivity index (χ3n) is 6.62. The van der Waals surface area contributed by atoms with Gasteiger partial charge in [0.25, 0.3) is 5.69 Å². The number of non-ortho nitro benzene ring substituents is 1. The molecular formula is C25H32N4O3. The van der Waals surface area contributed by atoms with Crippen LogP contribution in [-0.4, -0.2) is 42.0 Å². The molecule has 1 aliphatic heterocycles. The third-order valence-corrected chi connectivity index (χ3v) is 6.62. The molecule has 7 nitrogen and oxygen atoms in total. The van der Waals surface area contributed by atoms with Crippen molar-refractivity contribution < 1.29 is 9.72 Å². The molecule has 1 saturated carbocycles. The molecule has 2 fully saturated rings. The number of nitro benzene ring substituents is 1. The molecule has 3 atom stereocenters. The van der Waals surface area contributed by atoms with Crippen molar-refractivity contribution in [3.05, 3.63) is 70.3 Å². The lowest BCUT2D eigenvalue weighted by atomic mass is 9.88. The van der Waals surface area contributed by atoms with Crippen LogP contribution in [0.4, 0.5) is 11.4 Å². The summed E-state index contributed by atoms with van der Waals surface area (Å²) >= 11 is 0. The summed E-state index contributed by atoms with van der Waals surface area (Å²) in [6.07, 6.45) is 7.01. The van der Waals surface area contributed by atoms with Crippen molar-refractivity contribution >= 4 is 17.3 Å². The summed E-state index contributed by atoms with van der Waals surface area (Å²) in [6, 6.07) is 17.5. The smallest absolute Gasteiger partial charge is 0.269 e. The van der Waals surface area contributed by atoms with Crippen LogP contribution in [0.3, 0.4) is 0 Å². The number of nitrogens with zero attached hydrogens (tertiary/aromatic N) is 2. The average Bonchev–Trinajstić information content (AvgIpc) is 2.81. The van der Waals surface area contributed by atoms with Crippen LogP contribution in [0.5, 0.6) is 0 Å². The second kappa shape index (κ2) is 10.6. The van der Waals surface area contributed by atoms with E-state index in [0.717, 1.165) is 56.4 Å². The van der Waals surface area contributed by atoms with E-state index in [1.807, 2.05) is 42.5 Å². The van der Waals surface area contributed by atoms with E-state index in [-0.39, 0.29) is 28.6 Å². The highest BCUT2D eigenvalue weighted by molar-refractivity contribution is 5.78. The summed E-state index contributed by atoms with van der Waals surface area (Å²) in [5, 5.41) is 18.1. The SMILES string of the molecule is O=C(Cc1ccccc1)N[C@@H]1CCCC[C@H]1NC1CCCN(c2ccc([N+](=O)[O-])cc2)C1. The molecule has 2 N–H and O–H groups in total. The van der Waals surface area contributed by atoms with Gasteiger partial charge in [0, 0.05) is 49.0 Å². The van der Waals surface area contributed by atoms with Gasteiger partial charge in [0.2, 0.25) is 5.91 Å². The quantitative estimate of drug-likeness (QED) is 0.509. The zero-order valence-corrected chi connectivity index (χ0v) is 18.4. The second-order valence-electron chi connectivity index (χ2n) is 8.95. The number of rotatable bonds is 7. The van der Waals surface area contributed by atoms with Crippen molar-refractivity contribution in [3.8, 4) is 0 Å². The number of nitrogens with one attached hydrogen (secondary N) is 2. The fraction of sp³-hybridized carbons (Fsp3) is 0.480. The van der Waals surface area contributed by atoms with Crippen molar-refractivity contribution in [2.45, 2.75) is 63.1 Å². The highest BCUT2D eigenvalue weighted by Crippen LogP contribution is 2.25. The minimum atomic E-state index is -0.361. The molecule has 170 valence electrons. The van der Waals surface area contributed by atoms with E-state index >= 15 is 0 Å². The van der Waals surface area contributed by atoms with E-state index in [0.29, 0.717) is 12.5 Å². The molecule has 2 aromatic carbocycles. The number of carbonyl (C=O) groups excluding carboxylic acids is 1. The van der Waals surface area contributed by atoms with Gasteiger partial charge in [0.15, 0.2) is 0 Å². The van der Waals surface area contributed by atoms with Crippen molar-refractivity contribution in [2.75, 3.05) is 18.0 Å². The molecule has 4 rings (SSSR count). The maximum atomic E-state index is 12.6. The fourth-order valence-corrected chi connectivity index (χ4v) is 4.98. The third kappa shape index (κ3) is 5.85. The highest BCUT2D eigenvalue weighted by atomic mass is 16.6. The Morgan fingerprint density at radius 1 is 0.969 bits per heavy atom. The molecule has 0 aromatic heterocycles. The maximum Gasteiger partial charge on any atom is 0.269 e. The fourth-order valence-electron chi connectivity index (χ4n) is 4.98. The predicted molar refractivity (Wildman–Crippen MR) is 126 cm³/mol. The molecule has 7 heteroatoms. The first kappa shape index (κ1) is 22.3. The molecule has 1 heterocycles. The number of nitro groups is 1. The van der Waals surface area contributed by atoms with E-state index in [1.54, 1.807) is 12.1 Å². The molecule has 0 bridgehead atoms. The standard InChI is InChI=1S/C25H32N4O3/c30-25(17-19-7-2-1-3-8-19)27-24-11-5-4-10-23(24)26-20-9-6-16-28(18-20)21-12-14-22(15-13-21)29(31)32/h1-3,7-8,12-15,20,23-24,26H,4-6,9-11,16-18H2,(H,27,30)/t20?,23-,24-/m1/s1. The van der Waals surface area contributed by atoms with E-state index in [1.165, 1.54) is 6.42 Å². The van der Waals surface area contributed by atoms with Crippen molar-refractivity contribution in [1.82, 2.24) is 10.6 Å². The minimum absolute atomic E-state index is 0.0889. The van der Waals surface area contributed by atoms with Crippen LogP contribution in [-0.2, 0) is 11.2 Å². The summed E-state index contributed by atoms with van der Waals surface area (Å²) in [7, 11) is 0. The first-order valence-electron chi connectivity index (χ1n) is 11.7. The first-order chi connectivity index (χ1) is 15.6. The van der Waals surface area contributed by atoms with Crippen LogP contribution in [0.1, 0.15) is 44.1 Å². The molecule has 1 saturated heterocycles. The van der Waals surface area contributed by atoms with Gasteiger partial charge >= 0.3 is 0 Å². The van der Waals surface area contributed by atoms with E-state index in [9.17, 15) is 14.9 Å². The second-order valence-corrected chi connectivity index (χ2v) is 8.95. The molecule has 0 spiro atoms. The van der Waals surface area contributed by atoms with Crippen molar-refractivity contribution in [2.24, 2.45) is 0 Å². The molecule has 2 aliphatic rings. The van der Waals surface area contributed by atoms with Gasteiger partial charge in [0.05, 0.1) is 11.3 Å². The van der Waals surface area contributed by atoms with Gasteiger partial charge in [-0.1, -0.05) is 43.2 Å². The summed E-state index contributed by atoms with van der Waals surface area (Å²) < 4.78 is 0. The molecule has 1 aliphatic carbocycles. The van der Waals surface area contributed by atoms with Crippen LogP contribution in [0.2, 0.25) is 0 Å². The number of carbonyl (C=O) groups is 1. The monoisotopic (exact) mass is 436 g/mol. The zero-order valence-electron chi connectivity index (χ0n) is 18.4. The van der Waals surface area contributed by atoms with Gasteiger partial charge in [-0.25, -0.2) is 0 Å². The molecule has 32 heavy (non-hydrogen) atoms. The predicted octanol–water partition coefficient (Wildman–Crippen LogP) is 3.82.